The van der Waals surface area contributed by atoms with Crippen molar-refractivity contribution in [1.82, 2.24) is 0 Å². The first-order valence-corrected chi connectivity index (χ1v) is 10.7. The zero-order valence-corrected chi connectivity index (χ0v) is 17.8. The van der Waals surface area contributed by atoms with E-state index in [1.165, 1.54) is 32.6 Å². The molecule has 180 valence electrons. The van der Waals surface area contributed by atoms with Crippen LogP contribution in [0.5, 0.6) is 5.75 Å². The summed E-state index contributed by atoms with van der Waals surface area (Å²) in [5, 5.41) is 0. The summed E-state index contributed by atoms with van der Waals surface area (Å²) in [6.45, 7) is 3.89. The molecule has 0 aliphatic heterocycles. The number of ether oxygens (including phenoxy) is 1. The Kier molecular flexibility index (Phi) is 10.4. The summed E-state index contributed by atoms with van der Waals surface area (Å²) in [4.78, 5) is 12.3. The summed E-state index contributed by atoms with van der Waals surface area (Å²) < 4.78 is 63.5. The van der Waals surface area contributed by atoms with E-state index in [2.05, 4.69) is 6.92 Å². The minimum atomic E-state index is -4.00. The average Bonchev–Trinajstić information content (AvgIpc) is 2.65. The lowest BCUT2D eigenvalue weighted by Crippen LogP contribution is -2.29. The smallest absolute Gasteiger partial charge is 0.386 e. The van der Waals surface area contributed by atoms with Crippen molar-refractivity contribution in [3.8, 4) is 5.75 Å². The van der Waals surface area contributed by atoms with Crippen LogP contribution < -0.4 is 4.74 Å². The van der Waals surface area contributed by atoms with Gasteiger partial charge in [-0.25, -0.2) is 8.78 Å². The fourth-order valence-corrected chi connectivity index (χ4v) is 4.46. The molecule has 0 radical (unpaired) electrons. The summed E-state index contributed by atoms with van der Waals surface area (Å²) in [5.74, 6) is 0.506. The Labute approximate surface area is 184 Å². The molecule has 0 N–H and O–H groups in total. The molecule has 2 fully saturated rings. The molecule has 2 aliphatic carbocycles. The molecule has 1 aromatic carbocycles. The van der Waals surface area contributed by atoms with Gasteiger partial charge in [0.05, 0.1) is 5.92 Å². The molecule has 0 saturated heterocycles. The second kappa shape index (κ2) is 11.8. The summed E-state index contributed by atoms with van der Waals surface area (Å²) in [6.07, 6.45) is 5.09. The molecular formula is C24H37F5O2. The molecule has 2 saturated carbocycles. The molecule has 3 rings (SSSR count). The average molecular weight is 453 g/mol. The number of rotatable bonds is 3. The van der Waals surface area contributed by atoms with Crippen molar-refractivity contribution in [2.75, 3.05) is 0 Å². The molecule has 0 heterocycles. The zero-order valence-electron chi connectivity index (χ0n) is 17.8. The first-order chi connectivity index (χ1) is 13.9. The molecule has 0 aromatic heterocycles. The van der Waals surface area contributed by atoms with E-state index in [1.807, 2.05) is 0 Å². The molecule has 0 amide bonds. The Balaban J connectivity index is 0.00000124. The van der Waals surface area contributed by atoms with Gasteiger partial charge in [-0.15, -0.1) is 0 Å². The van der Waals surface area contributed by atoms with Gasteiger partial charge in [-0.05, 0) is 63.2 Å². The van der Waals surface area contributed by atoms with Crippen molar-refractivity contribution >= 4 is 5.97 Å². The Morgan fingerprint density at radius 1 is 0.935 bits per heavy atom. The van der Waals surface area contributed by atoms with Crippen LogP contribution in [0, 0.1) is 42.2 Å². The molecule has 31 heavy (non-hydrogen) atoms. The largest absolute Gasteiger partial charge is 0.426 e. The summed E-state index contributed by atoms with van der Waals surface area (Å²) in [5.41, 5.74) is -0.0536. The van der Waals surface area contributed by atoms with Crippen LogP contribution >= 0.6 is 0 Å². The van der Waals surface area contributed by atoms with Gasteiger partial charge in [0.1, 0.15) is 17.4 Å². The van der Waals surface area contributed by atoms with Crippen molar-refractivity contribution < 1.29 is 32.9 Å². The highest BCUT2D eigenvalue weighted by Gasteiger charge is 2.33. The van der Waals surface area contributed by atoms with E-state index in [9.17, 15) is 26.7 Å². The minimum Gasteiger partial charge on any atom is -0.426 e. The van der Waals surface area contributed by atoms with Crippen LogP contribution in [0.4, 0.5) is 22.0 Å². The van der Waals surface area contributed by atoms with Gasteiger partial charge in [0.15, 0.2) is 0 Å². The van der Waals surface area contributed by atoms with Gasteiger partial charge in [-0.2, -0.15) is 13.2 Å². The summed E-state index contributed by atoms with van der Waals surface area (Å²) >= 11 is 0. The lowest BCUT2D eigenvalue weighted by molar-refractivity contribution is -0.140. The van der Waals surface area contributed by atoms with Crippen molar-refractivity contribution in [2.45, 2.75) is 85.7 Å². The van der Waals surface area contributed by atoms with Crippen LogP contribution in [-0.4, -0.2) is 12.1 Å². The van der Waals surface area contributed by atoms with Gasteiger partial charge >= 0.3 is 12.1 Å². The van der Waals surface area contributed by atoms with Crippen LogP contribution in [0.3, 0.4) is 0 Å². The SMILES string of the molecule is C.CC(F)(F)F.Cc1c(F)cc(OC(=O)C2CCC(C3CCC(C)CC3)CC2)cc1F.[HH]. The highest BCUT2D eigenvalue weighted by atomic mass is 19.4. The maximum Gasteiger partial charge on any atom is 0.386 e. The highest BCUT2D eigenvalue weighted by molar-refractivity contribution is 5.75. The monoisotopic (exact) mass is 452 g/mol. The number of alkyl halides is 3. The van der Waals surface area contributed by atoms with E-state index >= 15 is 0 Å². The normalized spacial score (nSPS) is 26.2. The number of carbonyl (C=O) groups excluding carboxylic acids is 1. The standard InChI is InChI=1S/C21H28F2O2.C2H3F3.CH4.H2/c1-13-3-5-15(6-4-13)16-7-9-17(10-8-16)21(24)25-18-11-19(22)14(2)20(23)12-18;1-2(3,4)5;;/h11-13,15-17H,3-10H2,1-2H3;1H3;1H4;1H. The van der Waals surface area contributed by atoms with Crippen molar-refractivity contribution in [3.63, 3.8) is 0 Å². The van der Waals surface area contributed by atoms with Crippen LogP contribution in [0.25, 0.3) is 0 Å². The second-order valence-electron chi connectivity index (χ2n) is 8.85. The number of halogens is 5. The van der Waals surface area contributed by atoms with Crippen molar-refractivity contribution in [3.05, 3.63) is 29.3 Å². The molecule has 0 atom stereocenters. The van der Waals surface area contributed by atoms with E-state index in [-0.39, 0.29) is 39.0 Å². The first kappa shape index (κ1) is 27.4. The Hall–Kier alpha value is -1.66. The molecule has 0 unspecified atom stereocenters. The third-order valence-electron chi connectivity index (χ3n) is 6.31. The Morgan fingerprint density at radius 2 is 1.32 bits per heavy atom. The number of esters is 1. The van der Waals surface area contributed by atoms with Crippen LogP contribution in [0.15, 0.2) is 12.1 Å². The molecule has 2 aliphatic rings. The van der Waals surface area contributed by atoms with E-state index in [1.54, 1.807) is 0 Å². The molecule has 0 bridgehead atoms. The fraction of sp³-hybridized carbons (Fsp3) is 0.708. The molecule has 7 heteroatoms. The first-order valence-electron chi connectivity index (χ1n) is 10.7. The minimum absolute atomic E-state index is 0. The van der Waals surface area contributed by atoms with E-state index in [0.717, 1.165) is 55.6 Å². The van der Waals surface area contributed by atoms with Crippen molar-refractivity contribution in [2.24, 2.45) is 23.7 Å². The van der Waals surface area contributed by atoms with Crippen LogP contribution in [-0.2, 0) is 4.79 Å². The lowest BCUT2D eigenvalue weighted by Gasteiger charge is -2.36. The quantitative estimate of drug-likeness (QED) is 0.262. The zero-order chi connectivity index (χ0) is 22.5. The van der Waals surface area contributed by atoms with Gasteiger partial charge in [0, 0.05) is 26.0 Å². The van der Waals surface area contributed by atoms with Crippen LogP contribution in [0.2, 0.25) is 0 Å². The third-order valence-corrected chi connectivity index (χ3v) is 6.31. The Bertz CT molecular complexity index is 678. The van der Waals surface area contributed by atoms with E-state index < -0.39 is 17.8 Å². The number of benzene rings is 1. The maximum atomic E-state index is 13.6. The number of hydrogen-bond donors (Lipinski definition) is 0. The molecular weight excluding hydrogens is 415 g/mol. The van der Waals surface area contributed by atoms with Gasteiger partial charge < -0.3 is 4.74 Å². The molecule has 0 spiro atoms. The summed E-state index contributed by atoms with van der Waals surface area (Å²) in [7, 11) is 0. The molecule has 2 nitrogen and oxygen atoms in total. The topological polar surface area (TPSA) is 26.3 Å². The second-order valence-corrected chi connectivity index (χ2v) is 8.85. The van der Waals surface area contributed by atoms with Gasteiger partial charge in [0.2, 0.25) is 0 Å². The van der Waals surface area contributed by atoms with Crippen LogP contribution in [0.1, 0.15) is 79.6 Å². The third kappa shape index (κ3) is 9.16. The van der Waals surface area contributed by atoms with E-state index in [0.29, 0.717) is 0 Å². The Morgan fingerprint density at radius 3 is 1.74 bits per heavy atom. The number of hydrogen-bond acceptors (Lipinski definition) is 2. The van der Waals surface area contributed by atoms with Gasteiger partial charge in [-0.3, -0.25) is 4.79 Å². The predicted octanol–water partition coefficient (Wildman–Crippen LogP) is 8.26. The predicted molar refractivity (Wildman–Crippen MR) is 114 cm³/mol. The highest BCUT2D eigenvalue weighted by Crippen LogP contribution is 2.41. The van der Waals surface area contributed by atoms with E-state index in [4.69, 9.17) is 4.74 Å². The number of carbonyl (C=O) groups is 1. The van der Waals surface area contributed by atoms with Gasteiger partial charge in [-0.1, -0.05) is 27.2 Å². The molecule has 1 aromatic rings. The lowest BCUT2D eigenvalue weighted by atomic mass is 9.69. The maximum absolute atomic E-state index is 13.6. The van der Waals surface area contributed by atoms with Gasteiger partial charge in [0.25, 0.3) is 0 Å². The van der Waals surface area contributed by atoms with Crippen molar-refractivity contribution in [1.29, 1.82) is 0 Å². The summed E-state index contributed by atoms with van der Waals surface area (Å²) in [6, 6.07) is 2.18. The fourth-order valence-electron chi connectivity index (χ4n) is 4.46.